The van der Waals surface area contributed by atoms with Crippen molar-refractivity contribution in [2.24, 2.45) is 0 Å². The number of nitrogens with one attached hydrogen (secondary N) is 1. The van der Waals surface area contributed by atoms with Crippen LogP contribution in [0.4, 0.5) is 0 Å². The van der Waals surface area contributed by atoms with E-state index >= 15 is 0 Å². The van der Waals surface area contributed by atoms with Crippen LogP contribution in [0.5, 0.6) is 0 Å². The summed E-state index contributed by atoms with van der Waals surface area (Å²) in [5.41, 5.74) is 5.33. The quantitative estimate of drug-likeness (QED) is 0.698. The Kier molecular flexibility index (Phi) is 5.22. The summed E-state index contributed by atoms with van der Waals surface area (Å²) in [6.07, 6.45) is 0.956. The number of rotatable bonds is 6. The van der Waals surface area contributed by atoms with E-state index in [4.69, 9.17) is 9.57 Å². The maximum absolute atomic E-state index is 5.03. The van der Waals surface area contributed by atoms with Gasteiger partial charge in [-0.3, -0.25) is 0 Å². The largest absolute Gasteiger partial charge is 0.384 e. The highest BCUT2D eigenvalue weighted by Crippen LogP contribution is 2.05. The molecule has 0 aromatic heterocycles. The Labute approximate surface area is 85.0 Å². The Morgan fingerprint density at radius 3 is 2.71 bits per heavy atom. The highest BCUT2D eigenvalue weighted by Gasteiger charge is 1.95. The average Bonchev–Trinajstić information content (AvgIpc) is 2.24. The van der Waals surface area contributed by atoms with Gasteiger partial charge in [-0.25, -0.2) is 0 Å². The van der Waals surface area contributed by atoms with E-state index in [1.54, 1.807) is 14.2 Å². The van der Waals surface area contributed by atoms with Gasteiger partial charge in [0, 0.05) is 13.7 Å². The lowest BCUT2D eigenvalue weighted by Gasteiger charge is -2.05. The smallest absolute Gasteiger partial charge is 0.0572 e. The molecule has 0 unspecified atom stereocenters. The zero-order chi connectivity index (χ0) is 10.2. The number of ether oxygens (including phenoxy) is 1. The third-order valence-corrected chi connectivity index (χ3v) is 2.01. The maximum atomic E-state index is 5.03. The summed E-state index contributed by atoms with van der Waals surface area (Å²) >= 11 is 0. The Morgan fingerprint density at radius 2 is 2.00 bits per heavy atom. The van der Waals surface area contributed by atoms with Crippen LogP contribution in [0.3, 0.4) is 0 Å². The number of hydrogen-bond donors (Lipinski definition) is 1. The lowest BCUT2D eigenvalue weighted by molar-refractivity contribution is 0.0867. The van der Waals surface area contributed by atoms with Crippen molar-refractivity contribution in [3.63, 3.8) is 0 Å². The molecule has 1 aromatic rings. The molecule has 1 aromatic carbocycles. The van der Waals surface area contributed by atoms with Crippen molar-refractivity contribution >= 4 is 0 Å². The fourth-order valence-electron chi connectivity index (χ4n) is 1.27. The molecular weight excluding hydrogens is 178 g/mol. The summed E-state index contributed by atoms with van der Waals surface area (Å²) in [4.78, 5) is 4.79. The van der Waals surface area contributed by atoms with Gasteiger partial charge in [-0.05, 0) is 17.5 Å². The summed E-state index contributed by atoms with van der Waals surface area (Å²) in [6, 6.07) is 8.39. The van der Waals surface area contributed by atoms with Crippen molar-refractivity contribution in [3.8, 4) is 0 Å². The summed E-state index contributed by atoms with van der Waals surface area (Å²) in [6.45, 7) is 1.50. The fourth-order valence-corrected chi connectivity index (χ4v) is 1.27. The van der Waals surface area contributed by atoms with Gasteiger partial charge in [-0.15, -0.1) is 0 Å². The molecule has 0 aliphatic rings. The molecule has 78 valence electrons. The minimum atomic E-state index is 0.733. The van der Waals surface area contributed by atoms with Gasteiger partial charge in [0.1, 0.15) is 0 Å². The Hall–Kier alpha value is -0.900. The van der Waals surface area contributed by atoms with Crippen LogP contribution < -0.4 is 5.48 Å². The number of methoxy groups -OCH3 is 1. The van der Waals surface area contributed by atoms with E-state index in [-0.39, 0.29) is 0 Å². The van der Waals surface area contributed by atoms with E-state index in [2.05, 4.69) is 29.7 Å². The van der Waals surface area contributed by atoms with Crippen molar-refractivity contribution < 1.29 is 9.57 Å². The zero-order valence-corrected chi connectivity index (χ0v) is 8.75. The van der Waals surface area contributed by atoms with Crippen LogP contribution in [0.25, 0.3) is 0 Å². The number of benzene rings is 1. The normalized spacial score (nSPS) is 10.4. The minimum absolute atomic E-state index is 0.733. The molecule has 0 fully saturated rings. The minimum Gasteiger partial charge on any atom is -0.384 e. The van der Waals surface area contributed by atoms with Crippen LogP contribution in [0.2, 0.25) is 0 Å². The molecule has 0 aliphatic heterocycles. The average molecular weight is 195 g/mol. The van der Waals surface area contributed by atoms with Crippen molar-refractivity contribution in [1.82, 2.24) is 5.48 Å². The topological polar surface area (TPSA) is 30.5 Å². The maximum Gasteiger partial charge on any atom is 0.0572 e. The standard InChI is InChI=1S/C11H17NO2/c1-13-7-6-10-4-3-5-11(8-10)9-12-14-2/h3-5,8,12H,6-7,9H2,1-2H3. The van der Waals surface area contributed by atoms with E-state index in [0.717, 1.165) is 19.6 Å². The highest BCUT2D eigenvalue weighted by molar-refractivity contribution is 5.23. The van der Waals surface area contributed by atoms with Gasteiger partial charge < -0.3 is 9.57 Å². The van der Waals surface area contributed by atoms with Gasteiger partial charge in [0.25, 0.3) is 0 Å². The Morgan fingerprint density at radius 1 is 1.21 bits per heavy atom. The lowest BCUT2D eigenvalue weighted by Crippen LogP contribution is -2.10. The number of hydroxylamine groups is 1. The SMILES string of the molecule is COCCc1cccc(CNOC)c1. The predicted octanol–water partition coefficient (Wildman–Crippen LogP) is 1.53. The monoisotopic (exact) mass is 195 g/mol. The molecule has 0 aliphatic carbocycles. The first kappa shape index (κ1) is 11.2. The first-order valence-electron chi connectivity index (χ1n) is 4.69. The molecule has 0 spiro atoms. The van der Waals surface area contributed by atoms with E-state index in [1.165, 1.54) is 11.1 Å². The second kappa shape index (κ2) is 6.54. The van der Waals surface area contributed by atoms with E-state index in [9.17, 15) is 0 Å². The predicted molar refractivity (Wildman–Crippen MR) is 55.9 cm³/mol. The van der Waals surface area contributed by atoms with Crippen LogP contribution in [0.15, 0.2) is 24.3 Å². The molecular formula is C11H17NO2. The van der Waals surface area contributed by atoms with Gasteiger partial charge in [0.2, 0.25) is 0 Å². The molecule has 0 bridgehead atoms. The summed E-state index contributed by atoms with van der Waals surface area (Å²) in [7, 11) is 3.34. The fraction of sp³-hybridized carbons (Fsp3) is 0.455. The second-order valence-electron chi connectivity index (χ2n) is 3.09. The van der Waals surface area contributed by atoms with Gasteiger partial charge in [-0.2, -0.15) is 5.48 Å². The second-order valence-corrected chi connectivity index (χ2v) is 3.09. The van der Waals surface area contributed by atoms with Crippen LogP contribution in [0, 0.1) is 0 Å². The highest BCUT2D eigenvalue weighted by atomic mass is 16.6. The van der Waals surface area contributed by atoms with Crippen molar-refractivity contribution in [1.29, 1.82) is 0 Å². The first-order chi connectivity index (χ1) is 6.86. The van der Waals surface area contributed by atoms with Gasteiger partial charge in [0.15, 0.2) is 0 Å². The molecule has 3 nitrogen and oxygen atoms in total. The molecule has 0 radical (unpaired) electrons. The Balaban J connectivity index is 2.50. The molecule has 0 saturated heterocycles. The van der Waals surface area contributed by atoms with Gasteiger partial charge >= 0.3 is 0 Å². The molecule has 0 atom stereocenters. The van der Waals surface area contributed by atoms with E-state index < -0.39 is 0 Å². The van der Waals surface area contributed by atoms with E-state index in [1.807, 2.05) is 0 Å². The van der Waals surface area contributed by atoms with Crippen molar-refractivity contribution in [2.45, 2.75) is 13.0 Å². The third kappa shape index (κ3) is 3.87. The van der Waals surface area contributed by atoms with Crippen molar-refractivity contribution in [2.75, 3.05) is 20.8 Å². The van der Waals surface area contributed by atoms with Crippen LogP contribution in [-0.2, 0) is 22.5 Å². The van der Waals surface area contributed by atoms with E-state index in [0.29, 0.717) is 0 Å². The molecule has 3 heteroatoms. The van der Waals surface area contributed by atoms with Crippen LogP contribution >= 0.6 is 0 Å². The first-order valence-corrected chi connectivity index (χ1v) is 4.69. The lowest BCUT2D eigenvalue weighted by atomic mass is 10.1. The molecule has 0 heterocycles. The molecule has 0 saturated carbocycles. The molecule has 0 amide bonds. The van der Waals surface area contributed by atoms with Crippen molar-refractivity contribution in [3.05, 3.63) is 35.4 Å². The van der Waals surface area contributed by atoms with Gasteiger partial charge in [-0.1, -0.05) is 24.3 Å². The molecule has 1 N–H and O–H groups in total. The summed E-state index contributed by atoms with van der Waals surface area (Å²) < 4.78 is 5.03. The van der Waals surface area contributed by atoms with Gasteiger partial charge in [0.05, 0.1) is 13.7 Å². The van der Waals surface area contributed by atoms with Crippen LogP contribution in [-0.4, -0.2) is 20.8 Å². The molecule has 1 rings (SSSR count). The zero-order valence-electron chi connectivity index (χ0n) is 8.75. The third-order valence-electron chi connectivity index (χ3n) is 2.01. The summed E-state index contributed by atoms with van der Waals surface area (Å²) in [5.74, 6) is 0. The molecule has 14 heavy (non-hydrogen) atoms. The van der Waals surface area contributed by atoms with Crippen LogP contribution in [0.1, 0.15) is 11.1 Å². The number of hydrogen-bond acceptors (Lipinski definition) is 3. The Bertz CT molecular complexity index is 240. The summed E-state index contributed by atoms with van der Waals surface area (Å²) in [5, 5.41) is 0.